The van der Waals surface area contributed by atoms with E-state index in [2.05, 4.69) is 0 Å². The zero-order valence-electron chi connectivity index (χ0n) is 13.3. The van der Waals surface area contributed by atoms with E-state index in [1.54, 1.807) is 0 Å². The largest absolute Gasteiger partial charge is 0.457 e. The third kappa shape index (κ3) is 4.18. The average molecular weight is 333 g/mol. The minimum absolute atomic E-state index is 0.0623. The zero-order chi connectivity index (χ0) is 17.0. The maximum Gasteiger partial charge on any atom is 0.338 e. The van der Waals surface area contributed by atoms with Gasteiger partial charge in [0.1, 0.15) is 6.61 Å². The second-order valence-electron chi connectivity index (χ2n) is 5.38. The molecule has 0 heterocycles. The third-order valence-electron chi connectivity index (χ3n) is 3.34. The molecule has 0 atom stereocenters. The van der Waals surface area contributed by atoms with Gasteiger partial charge in [-0.2, -0.15) is 0 Å². The quantitative estimate of drug-likeness (QED) is 0.789. The van der Waals surface area contributed by atoms with E-state index in [4.69, 9.17) is 4.74 Å². The highest BCUT2D eigenvalue weighted by Gasteiger charge is 2.19. The van der Waals surface area contributed by atoms with Crippen molar-refractivity contribution >= 4 is 16.0 Å². The smallest absolute Gasteiger partial charge is 0.338 e. The average Bonchev–Trinajstić information content (AvgIpc) is 2.54. The van der Waals surface area contributed by atoms with Crippen LogP contribution < -0.4 is 0 Å². The van der Waals surface area contributed by atoms with Crippen LogP contribution in [0, 0.1) is 6.92 Å². The number of aryl methyl sites for hydroxylation is 1. The first-order valence-corrected chi connectivity index (χ1v) is 8.50. The molecule has 6 heteroatoms. The van der Waals surface area contributed by atoms with Gasteiger partial charge < -0.3 is 4.74 Å². The Balaban J connectivity index is 2.12. The highest BCUT2D eigenvalue weighted by atomic mass is 32.2. The van der Waals surface area contributed by atoms with Crippen LogP contribution in [0.1, 0.15) is 21.5 Å². The minimum Gasteiger partial charge on any atom is -0.457 e. The first kappa shape index (κ1) is 17.2. The van der Waals surface area contributed by atoms with Crippen molar-refractivity contribution in [2.24, 2.45) is 0 Å². The molecule has 2 rings (SSSR count). The van der Waals surface area contributed by atoms with E-state index < -0.39 is 16.0 Å². The van der Waals surface area contributed by atoms with Crippen LogP contribution in [0.5, 0.6) is 0 Å². The second-order valence-corrected chi connectivity index (χ2v) is 7.53. The highest BCUT2D eigenvalue weighted by molar-refractivity contribution is 7.89. The number of sulfonamides is 1. The van der Waals surface area contributed by atoms with Gasteiger partial charge in [-0.3, -0.25) is 0 Å². The van der Waals surface area contributed by atoms with Crippen molar-refractivity contribution in [1.82, 2.24) is 4.31 Å². The fraction of sp³-hybridized carbons (Fsp3) is 0.235. The maximum absolute atomic E-state index is 12.1. The van der Waals surface area contributed by atoms with Gasteiger partial charge in [-0.05, 0) is 30.7 Å². The Hall–Kier alpha value is -2.18. The SMILES string of the molecule is Cc1ccc(COC(=O)c2cccc(S(=O)(=O)N(C)C)c2)cc1. The van der Waals surface area contributed by atoms with E-state index in [1.807, 2.05) is 31.2 Å². The Morgan fingerprint density at radius 1 is 1.09 bits per heavy atom. The van der Waals surface area contributed by atoms with Crippen molar-refractivity contribution in [2.45, 2.75) is 18.4 Å². The van der Waals surface area contributed by atoms with Crippen molar-refractivity contribution in [3.8, 4) is 0 Å². The molecule has 0 fully saturated rings. The summed E-state index contributed by atoms with van der Waals surface area (Å²) in [6.07, 6.45) is 0. The molecule has 0 unspecified atom stereocenters. The van der Waals surface area contributed by atoms with Gasteiger partial charge in [0.05, 0.1) is 10.5 Å². The van der Waals surface area contributed by atoms with Crippen LogP contribution in [0.3, 0.4) is 0 Å². The molecular weight excluding hydrogens is 314 g/mol. The molecule has 23 heavy (non-hydrogen) atoms. The van der Waals surface area contributed by atoms with Gasteiger partial charge in [-0.25, -0.2) is 17.5 Å². The van der Waals surface area contributed by atoms with E-state index >= 15 is 0 Å². The standard InChI is InChI=1S/C17H19NO4S/c1-13-7-9-14(10-8-13)12-22-17(19)15-5-4-6-16(11-15)23(20,21)18(2)3/h4-11H,12H2,1-3H3. The molecule has 122 valence electrons. The normalized spacial score (nSPS) is 11.5. The predicted octanol–water partition coefficient (Wildman–Crippen LogP) is 2.60. The molecule has 0 aromatic heterocycles. The highest BCUT2D eigenvalue weighted by Crippen LogP contribution is 2.16. The Bertz CT molecular complexity index is 796. The Morgan fingerprint density at radius 3 is 2.35 bits per heavy atom. The first-order chi connectivity index (χ1) is 10.8. The number of hydrogen-bond acceptors (Lipinski definition) is 4. The maximum atomic E-state index is 12.1. The van der Waals surface area contributed by atoms with Gasteiger partial charge in [0.15, 0.2) is 0 Å². The van der Waals surface area contributed by atoms with Crippen LogP contribution in [0.25, 0.3) is 0 Å². The van der Waals surface area contributed by atoms with Crippen LogP contribution in [0.4, 0.5) is 0 Å². The molecule has 0 aliphatic carbocycles. The summed E-state index contributed by atoms with van der Waals surface area (Å²) in [6.45, 7) is 2.12. The lowest BCUT2D eigenvalue weighted by molar-refractivity contribution is 0.0472. The molecule has 0 saturated carbocycles. The molecule has 0 amide bonds. The number of carbonyl (C=O) groups is 1. The number of rotatable bonds is 5. The Labute approximate surface area is 136 Å². The van der Waals surface area contributed by atoms with Gasteiger partial charge >= 0.3 is 5.97 Å². The monoisotopic (exact) mass is 333 g/mol. The molecule has 0 spiro atoms. The Morgan fingerprint density at radius 2 is 1.74 bits per heavy atom. The van der Waals surface area contributed by atoms with Crippen LogP contribution in [0.2, 0.25) is 0 Å². The molecule has 0 bridgehead atoms. The van der Waals surface area contributed by atoms with Crippen molar-refractivity contribution < 1.29 is 17.9 Å². The molecule has 0 aliphatic rings. The summed E-state index contributed by atoms with van der Waals surface area (Å²) in [5, 5.41) is 0. The third-order valence-corrected chi connectivity index (χ3v) is 5.15. The van der Waals surface area contributed by atoms with Crippen LogP contribution in [0.15, 0.2) is 53.4 Å². The number of hydrogen-bond donors (Lipinski definition) is 0. The molecule has 0 N–H and O–H groups in total. The fourth-order valence-electron chi connectivity index (χ4n) is 1.91. The molecule has 0 radical (unpaired) electrons. The van der Waals surface area contributed by atoms with Gasteiger partial charge in [-0.1, -0.05) is 35.9 Å². The summed E-state index contributed by atoms with van der Waals surface area (Å²) in [5.41, 5.74) is 2.21. The van der Waals surface area contributed by atoms with Gasteiger partial charge in [0.2, 0.25) is 10.0 Å². The lowest BCUT2D eigenvalue weighted by Crippen LogP contribution is -2.22. The molecule has 2 aromatic carbocycles. The topological polar surface area (TPSA) is 63.7 Å². The number of benzene rings is 2. The lowest BCUT2D eigenvalue weighted by Gasteiger charge is -2.12. The number of nitrogens with zero attached hydrogens (tertiary/aromatic N) is 1. The van der Waals surface area contributed by atoms with Crippen molar-refractivity contribution in [3.05, 3.63) is 65.2 Å². The van der Waals surface area contributed by atoms with Gasteiger partial charge in [-0.15, -0.1) is 0 Å². The van der Waals surface area contributed by atoms with E-state index in [0.29, 0.717) is 0 Å². The zero-order valence-corrected chi connectivity index (χ0v) is 14.1. The van der Waals surface area contributed by atoms with Crippen molar-refractivity contribution in [2.75, 3.05) is 14.1 Å². The van der Waals surface area contributed by atoms with Gasteiger partial charge in [0.25, 0.3) is 0 Å². The predicted molar refractivity (Wildman–Crippen MR) is 87.6 cm³/mol. The second kappa shape index (κ2) is 6.93. The summed E-state index contributed by atoms with van der Waals surface area (Å²) >= 11 is 0. The Kier molecular flexibility index (Phi) is 5.18. The van der Waals surface area contributed by atoms with Gasteiger partial charge in [0, 0.05) is 14.1 Å². The van der Waals surface area contributed by atoms with E-state index in [9.17, 15) is 13.2 Å². The summed E-state index contributed by atoms with van der Waals surface area (Å²) < 4.78 is 30.5. The van der Waals surface area contributed by atoms with Crippen molar-refractivity contribution in [1.29, 1.82) is 0 Å². The molecule has 0 saturated heterocycles. The summed E-state index contributed by atoms with van der Waals surface area (Å²) in [5.74, 6) is -0.554. The number of carbonyl (C=O) groups excluding carboxylic acids is 1. The number of ether oxygens (including phenoxy) is 1. The summed E-state index contributed by atoms with van der Waals surface area (Å²) in [6, 6.07) is 13.5. The molecule has 2 aromatic rings. The van der Waals surface area contributed by atoms with Crippen LogP contribution in [-0.4, -0.2) is 32.8 Å². The van der Waals surface area contributed by atoms with Crippen LogP contribution in [-0.2, 0) is 21.4 Å². The fourth-order valence-corrected chi connectivity index (χ4v) is 2.86. The van der Waals surface area contributed by atoms with E-state index in [-0.39, 0.29) is 17.1 Å². The minimum atomic E-state index is -3.58. The number of esters is 1. The van der Waals surface area contributed by atoms with Crippen molar-refractivity contribution in [3.63, 3.8) is 0 Å². The molecule has 5 nitrogen and oxygen atoms in total. The molecule has 0 aliphatic heterocycles. The van der Waals surface area contributed by atoms with Crippen LogP contribution >= 0.6 is 0 Å². The molecular formula is C17H19NO4S. The first-order valence-electron chi connectivity index (χ1n) is 7.06. The van der Waals surface area contributed by atoms with E-state index in [0.717, 1.165) is 15.4 Å². The summed E-state index contributed by atoms with van der Waals surface area (Å²) in [7, 11) is -0.695. The van der Waals surface area contributed by atoms with E-state index in [1.165, 1.54) is 38.4 Å². The lowest BCUT2D eigenvalue weighted by atomic mass is 10.2. The summed E-state index contributed by atoms with van der Waals surface area (Å²) in [4.78, 5) is 12.2.